The van der Waals surface area contributed by atoms with Crippen molar-refractivity contribution in [2.75, 3.05) is 5.01 Å². The number of hydrogen-bond donors (Lipinski definition) is 3. The molecular weight excluding hydrogens is 448 g/mol. The van der Waals surface area contributed by atoms with Gasteiger partial charge in [-0.05, 0) is 42.3 Å². The van der Waals surface area contributed by atoms with Crippen LogP contribution in [-0.4, -0.2) is 50.9 Å². The Labute approximate surface area is 190 Å². The van der Waals surface area contributed by atoms with Crippen LogP contribution in [0.5, 0.6) is 0 Å². The van der Waals surface area contributed by atoms with E-state index in [-0.39, 0.29) is 11.4 Å². The normalized spacial score (nSPS) is 27.7. The van der Waals surface area contributed by atoms with Gasteiger partial charge in [0.1, 0.15) is 17.4 Å². The number of nitrogens with zero attached hydrogens (tertiary/aromatic N) is 2. The molecule has 2 aliphatic rings. The molecule has 33 heavy (non-hydrogen) atoms. The third-order valence-corrected chi connectivity index (χ3v) is 7.61. The van der Waals surface area contributed by atoms with Gasteiger partial charge in [0, 0.05) is 0 Å². The summed E-state index contributed by atoms with van der Waals surface area (Å²) in [7, 11) is -5.22. The van der Waals surface area contributed by atoms with E-state index < -0.39 is 44.7 Å². The van der Waals surface area contributed by atoms with E-state index >= 15 is 0 Å². The van der Waals surface area contributed by atoms with Crippen LogP contribution >= 0.6 is 0 Å². The SMILES string of the molecule is CCC1(S(=O)(=O)O)C(=O)N(c2ccccc2)N(C2(c3ccccc3)C=CC(O)=CC2O)C1=O. The van der Waals surface area contributed by atoms with E-state index in [9.17, 15) is 32.8 Å². The molecule has 2 aromatic carbocycles. The molecule has 172 valence electrons. The van der Waals surface area contributed by atoms with E-state index in [1.807, 2.05) is 0 Å². The number of amides is 2. The molecule has 0 saturated carbocycles. The first-order chi connectivity index (χ1) is 15.6. The lowest BCUT2D eigenvalue weighted by atomic mass is 9.80. The van der Waals surface area contributed by atoms with Crippen LogP contribution in [0.2, 0.25) is 0 Å². The molecule has 2 amide bonds. The highest BCUT2D eigenvalue weighted by molar-refractivity contribution is 7.89. The summed E-state index contributed by atoms with van der Waals surface area (Å²) in [6, 6.07) is 16.1. The summed E-state index contributed by atoms with van der Waals surface area (Å²) in [5.74, 6) is -2.66. The van der Waals surface area contributed by atoms with Crippen LogP contribution in [0.1, 0.15) is 18.9 Å². The maximum Gasteiger partial charge on any atom is 0.289 e. The second-order valence-corrected chi connectivity index (χ2v) is 9.43. The Bertz CT molecular complexity index is 1260. The standard InChI is InChI=1S/C23H22N2O7S/c1-2-23(33(30,31)32)20(28)24(17-11-7-4-8-12-17)25(21(23)29)22(16-9-5-3-6-10-16)14-13-18(26)15-19(22)27/h3-15,19,26-27H,2H2,1H3,(H,30,31,32). The highest BCUT2D eigenvalue weighted by Crippen LogP contribution is 2.47. The van der Waals surface area contributed by atoms with E-state index in [0.717, 1.165) is 16.1 Å². The van der Waals surface area contributed by atoms with Gasteiger partial charge in [0.05, 0.1) is 5.69 Å². The zero-order chi connectivity index (χ0) is 24.0. The van der Waals surface area contributed by atoms with Crippen LogP contribution < -0.4 is 5.01 Å². The molecule has 3 atom stereocenters. The first-order valence-electron chi connectivity index (χ1n) is 10.2. The summed E-state index contributed by atoms with van der Waals surface area (Å²) in [6.45, 7) is 1.31. The minimum atomic E-state index is -5.22. The predicted molar refractivity (Wildman–Crippen MR) is 119 cm³/mol. The van der Waals surface area contributed by atoms with Crippen molar-refractivity contribution in [3.8, 4) is 0 Å². The van der Waals surface area contributed by atoms with E-state index in [0.29, 0.717) is 5.56 Å². The van der Waals surface area contributed by atoms with Gasteiger partial charge < -0.3 is 10.2 Å². The smallest absolute Gasteiger partial charge is 0.289 e. The second-order valence-electron chi connectivity index (χ2n) is 7.79. The van der Waals surface area contributed by atoms with Crippen molar-refractivity contribution in [3.05, 3.63) is 90.2 Å². The summed E-state index contributed by atoms with van der Waals surface area (Å²) in [5, 5.41) is 22.9. The first kappa shape index (κ1) is 22.7. The number of rotatable bonds is 5. The number of anilines is 1. The van der Waals surface area contributed by atoms with Crippen molar-refractivity contribution >= 4 is 27.6 Å². The van der Waals surface area contributed by atoms with Gasteiger partial charge in [-0.2, -0.15) is 8.42 Å². The Morgan fingerprint density at radius 3 is 2.06 bits per heavy atom. The quantitative estimate of drug-likeness (QED) is 0.450. The Kier molecular flexibility index (Phi) is 5.39. The molecule has 1 heterocycles. The van der Waals surface area contributed by atoms with Gasteiger partial charge in [-0.15, -0.1) is 0 Å². The van der Waals surface area contributed by atoms with Crippen molar-refractivity contribution < 1.29 is 32.8 Å². The average molecular weight is 471 g/mol. The Hall–Kier alpha value is -3.47. The monoisotopic (exact) mass is 470 g/mol. The topological polar surface area (TPSA) is 135 Å². The summed E-state index contributed by atoms with van der Waals surface area (Å²) in [6.07, 6.45) is 1.57. The number of aliphatic hydroxyl groups excluding tert-OH is 2. The molecule has 1 aliphatic carbocycles. The number of benzene rings is 2. The van der Waals surface area contributed by atoms with E-state index in [1.165, 1.54) is 31.2 Å². The molecule has 1 fully saturated rings. The van der Waals surface area contributed by atoms with E-state index in [1.54, 1.807) is 48.5 Å². The average Bonchev–Trinajstić information content (AvgIpc) is 3.02. The maximum absolute atomic E-state index is 13.9. The van der Waals surface area contributed by atoms with Crippen LogP contribution in [0.25, 0.3) is 0 Å². The number of allylic oxidation sites excluding steroid dienone is 1. The molecule has 0 aromatic heterocycles. The molecule has 2 aromatic rings. The number of carbonyl (C=O) groups excluding carboxylic acids is 2. The predicted octanol–water partition coefficient (Wildman–Crippen LogP) is 2.08. The van der Waals surface area contributed by atoms with Gasteiger partial charge >= 0.3 is 0 Å². The third kappa shape index (κ3) is 3.10. The minimum Gasteiger partial charge on any atom is -0.508 e. The zero-order valence-corrected chi connectivity index (χ0v) is 18.4. The first-order valence-corrected chi connectivity index (χ1v) is 11.6. The van der Waals surface area contributed by atoms with Crippen LogP contribution in [0.15, 0.2) is 84.7 Å². The highest BCUT2D eigenvalue weighted by Gasteiger charge is 2.70. The van der Waals surface area contributed by atoms with E-state index in [4.69, 9.17) is 0 Å². The number of aliphatic hydroxyl groups is 2. The largest absolute Gasteiger partial charge is 0.508 e. The molecule has 0 spiro atoms. The Morgan fingerprint density at radius 1 is 0.970 bits per heavy atom. The van der Waals surface area contributed by atoms with E-state index in [2.05, 4.69) is 0 Å². The molecule has 0 radical (unpaired) electrons. The third-order valence-electron chi connectivity index (χ3n) is 6.09. The molecule has 9 nitrogen and oxygen atoms in total. The molecular formula is C23H22N2O7S. The lowest BCUT2D eigenvalue weighted by molar-refractivity contribution is -0.138. The Morgan fingerprint density at radius 2 is 1.55 bits per heavy atom. The lowest BCUT2D eigenvalue weighted by Crippen LogP contribution is -2.60. The van der Waals surface area contributed by atoms with Gasteiger partial charge in [0.25, 0.3) is 26.7 Å². The van der Waals surface area contributed by atoms with Crippen molar-refractivity contribution in [3.63, 3.8) is 0 Å². The van der Waals surface area contributed by atoms with Gasteiger partial charge in [-0.3, -0.25) is 14.1 Å². The van der Waals surface area contributed by atoms with Gasteiger partial charge in [-0.1, -0.05) is 55.5 Å². The van der Waals surface area contributed by atoms with Crippen LogP contribution in [-0.2, 0) is 25.2 Å². The van der Waals surface area contributed by atoms with Crippen molar-refractivity contribution in [2.24, 2.45) is 0 Å². The fraction of sp³-hybridized carbons (Fsp3) is 0.217. The number of hydrazine groups is 1. The fourth-order valence-corrected chi connectivity index (χ4v) is 5.38. The lowest BCUT2D eigenvalue weighted by Gasteiger charge is -2.46. The highest BCUT2D eigenvalue weighted by atomic mass is 32.2. The summed E-state index contributed by atoms with van der Waals surface area (Å²) >= 11 is 0. The molecule has 4 rings (SSSR count). The van der Waals surface area contributed by atoms with Gasteiger partial charge in [0.15, 0.2) is 0 Å². The molecule has 1 aliphatic heterocycles. The molecule has 10 heteroatoms. The number of hydrogen-bond acceptors (Lipinski definition) is 6. The summed E-state index contributed by atoms with van der Waals surface area (Å²) in [5.41, 5.74) is -1.30. The fourth-order valence-electron chi connectivity index (χ4n) is 4.40. The van der Waals surface area contributed by atoms with Crippen molar-refractivity contribution in [1.29, 1.82) is 0 Å². The maximum atomic E-state index is 13.9. The second kappa shape index (κ2) is 7.84. The molecule has 3 N–H and O–H groups in total. The molecule has 3 unspecified atom stereocenters. The zero-order valence-electron chi connectivity index (χ0n) is 17.6. The molecule has 1 saturated heterocycles. The summed E-state index contributed by atoms with van der Waals surface area (Å²) in [4.78, 5) is 27.6. The minimum absolute atomic E-state index is 0.157. The van der Waals surface area contributed by atoms with Gasteiger partial charge in [0.2, 0.25) is 0 Å². The Balaban J connectivity index is 2.08. The van der Waals surface area contributed by atoms with Gasteiger partial charge in [-0.25, -0.2) is 10.0 Å². The number of carbonyl (C=O) groups is 2. The molecule has 0 bridgehead atoms. The number of para-hydroxylation sites is 1. The van der Waals surface area contributed by atoms with Crippen LogP contribution in [0, 0.1) is 0 Å². The van der Waals surface area contributed by atoms with Crippen molar-refractivity contribution in [1.82, 2.24) is 5.01 Å². The van der Waals surface area contributed by atoms with Crippen LogP contribution in [0.4, 0.5) is 5.69 Å². The van der Waals surface area contributed by atoms with Crippen LogP contribution in [0.3, 0.4) is 0 Å². The van der Waals surface area contributed by atoms with Crippen molar-refractivity contribution in [2.45, 2.75) is 29.7 Å². The summed E-state index contributed by atoms with van der Waals surface area (Å²) < 4.78 is 32.3.